The van der Waals surface area contributed by atoms with Crippen LogP contribution in [0.15, 0.2) is 41.1 Å². The lowest BCUT2D eigenvalue weighted by Gasteiger charge is -2.14. The van der Waals surface area contributed by atoms with Gasteiger partial charge in [-0.25, -0.2) is 0 Å². The molecule has 0 fully saturated rings. The number of rotatable bonds is 3. The lowest BCUT2D eigenvalue weighted by Crippen LogP contribution is -2.04. The Bertz CT molecular complexity index is 554. The molecule has 0 aliphatic heterocycles. The summed E-state index contributed by atoms with van der Waals surface area (Å²) in [6.07, 6.45) is 3.63. The first kappa shape index (κ1) is 13.2. The summed E-state index contributed by atoms with van der Waals surface area (Å²) in [6, 6.07) is 8.14. The third-order valence-corrected chi connectivity index (χ3v) is 3.42. The molecule has 0 aliphatic rings. The van der Waals surface area contributed by atoms with Crippen LogP contribution in [0, 0.1) is 13.8 Å². The van der Waals surface area contributed by atoms with Gasteiger partial charge in [-0.2, -0.15) is 0 Å². The van der Waals surface area contributed by atoms with Crippen LogP contribution in [0.2, 0.25) is 0 Å². The molecule has 0 saturated heterocycles. The van der Waals surface area contributed by atoms with Crippen LogP contribution in [0.3, 0.4) is 0 Å². The van der Waals surface area contributed by atoms with E-state index < -0.39 is 6.10 Å². The van der Waals surface area contributed by atoms with E-state index in [-0.39, 0.29) is 0 Å². The number of aliphatic hydroxyl groups is 1. The molecule has 0 saturated carbocycles. The van der Waals surface area contributed by atoms with Crippen LogP contribution in [0.25, 0.3) is 0 Å². The number of aliphatic hydroxyl groups excluding tert-OH is 1. The third-order valence-electron chi connectivity index (χ3n) is 2.98. The summed E-state index contributed by atoms with van der Waals surface area (Å²) in [5.41, 5.74) is 4.31. The Balaban J connectivity index is 2.21. The second-order valence-corrected chi connectivity index (χ2v) is 5.51. The maximum atomic E-state index is 10.3. The van der Waals surface area contributed by atoms with E-state index in [2.05, 4.69) is 27.0 Å². The van der Waals surface area contributed by atoms with Crippen LogP contribution < -0.4 is 0 Å². The number of pyridine rings is 1. The Morgan fingerprint density at radius 1 is 1.22 bits per heavy atom. The summed E-state index contributed by atoms with van der Waals surface area (Å²) >= 11 is 3.39. The molecule has 2 rings (SSSR count). The van der Waals surface area contributed by atoms with Crippen molar-refractivity contribution in [2.24, 2.45) is 0 Å². The standard InChI is InChI=1S/C15H16BrNO/c1-10-3-4-11(2)14(5-10)15(18)7-12-6-13(16)9-17-8-12/h3-6,8-9,15,18H,7H2,1-2H3. The van der Waals surface area contributed by atoms with E-state index in [1.165, 1.54) is 5.56 Å². The van der Waals surface area contributed by atoms with Gasteiger partial charge in [0.2, 0.25) is 0 Å². The normalized spacial score (nSPS) is 12.4. The van der Waals surface area contributed by atoms with Gasteiger partial charge >= 0.3 is 0 Å². The molecule has 1 unspecified atom stereocenters. The van der Waals surface area contributed by atoms with Crippen LogP contribution in [0.4, 0.5) is 0 Å². The SMILES string of the molecule is Cc1ccc(C)c(C(O)Cc2cncc(Br)c2)c1. The number of nitrogens with zero attached hydrogens (tertiary/aromatic N) is 1. The van der Waals surface area contributed by atoms with Gasteiger partial charge in [0, 0.05) is 23.3 Å². The summed E-state index contributed by atoms with van der Waals surface area (Å²) in [5, 5.41) is 10.3. The fourth-order valence-corrected chi connectivity index (χ4v) is 2.43. The zero-order valence-corrected chi connectivity index (χ0v) is 12.1. The van der Waals surface area contributed by atoms with E-state index in [4.69, 9.17) is 0 Å². The molecule has 1 heterocycles. The van der Waals surface area contributed by atoms with Crippen LogP contribution >= 0.6 is 15.9 Å². The zero-order valence-electron chi connectivity index (χ0n) is 10.5. The van der Waals surface area contributed by atoms with Crippen LogP contribution in [-0.4, -0.2) is 10.1 Å². The molecule has 2 aromatic rings. The summed E-state index contributed by atoms with van der Waals surface area (Å²) < 4.78 is 0.938. The molecule has 0 radical (unpaired) electrons. The first-order valence-corrected chi connectivity index (χ1v) is 6.70. The molecular formula is C15H16BrNO. The minimum atomic E-state index is -0.485. The van der Waals surface area contributed by atoms with Gasteiger partial charge in [0.25, 0.3) is 0 Å². The molecule has 18 heavy (non-hydrogen) atoms. The summed E-state index contributed by atoms with van der Waals surface area (Å²) in [5.74, 6) is 0. The maximum absolute atomic E-state index is 10.3. The fourth-order valence-electron chi connectivity index (χ4n) is 2.02. The summed E-state index contributed by atoms with van der Waals surface area (Å²) in [6.45, 7) is 4.06. The van der Waals surface area contributed by atoms with Gasteiger partial charge in [-0.05, 0) is 52.5 Å². The Kier molecular flexibility index (Phi) is 4.15. The number of hydrogen-bond donors (Lipinski definition) is 1. The van der Waals surface area contributed by atoms with E-state index in [0.717, 1.165) is 21.2 Å². The third kappa shape index (κ3) is 3.18. The van der Waals surface area contributed by atoms with Gasteiger partial charge in [0.15, 0.2) is 0 Å². The predicted molar refractivity (Wildman–Crippen MR) is 76.5 cm³/mol. The molecule has 3 heteroatoms. The summed E-state index contributed by atoms with van der Waals surface area (Å²) in [4.78, 5) is 4.11. The van der Waals surface area contributed by atoms with Crippen molar-refractivity contribution >= 4 is 15.9 Å². The van der Waals surface area contributed by atoms with Crippen molar-refractivity contribution in [3.63, 3.8) is 0 Å². The van der Waals surface area contributed by atoms with Crippen molar-refractivity contribution in [1.82, 2.24) is 4.98 Å². The second kappa shape index (κ2) is 5.63. The van der Waals surface area contributed by atoms with Crippen molar-refractivity contribution in [3.05, 3.63) is 63.4 Å². The molecular weight excluding hydrogens is 290 g/mol. The van der Waals surface area contributed by atoms with E-state index >= 15 is 0 Å². The van der Waals surface area contributed by atoms with E-state index in [1.54, 1.807) is 12.4 Å². The van der Waals surface area contributed by atoms with Crippen LogP contribution in [-0.2, 0) is 6.42 Å². The molecule has 1 atom stereocenters. The average Bonchev–Trinajstić information content (AvgIpc) is 2.32. The zero-order chi connectivity index (χ0) is 13.1. The van der Waals surface area contributed by atoms with Crippen LogP contribution in [0.1, 0.15) is 28.4 Å². The molecule has 1 aromatic heterocycles. The van der Waals surface area contributed by atoms with Crippen molar-refractivity contribution in [3.8, 4) is 0 Å². The molecule has 2 nitrogen and oxygen atoms in total. The van der Waals surface area contributed by atoms with E-state index in [9.17, 15) is 5.11 Å². The van der Waals surface area contributed by atoms with Gasteiger partial charge in [-0.3, -0.25) is 4.98 Å². The lowest BCUT2D eigenvalue weighted by atomic mass is 9.97. The van der Waals surface area contributed by atoms with Crippen molar-refractivity contribution in [1.29, 1.82) is 0 Å². The lowest BCUT2D eigenvalue weighted by molar-refractivity contribution is 0.177. The Hall–Kier alpha value is -1.19. The van der Waals surface area contributed by atoms with E-state index in [1.807, 2.05) is 32.0 Å². The van der Waals surface area contributed by atoms with Gasteiger partial charge in [-0.15, -0.1) is 0 Å². The number of halogens is 1. The highest BCUT2D eigenvalue weighted by molar-refractivity contribution is 9.10. The van der Waals surface area contributed by atoms with E-state index in [0.29, 0.717) is 6.42 Å². The maximum Gasteiger partial charge on any atom is 0.0833 e. The second-order valence-electron chi connectivity index (χ2n) is 4.59. The van der Waals surface area contributed by atoms with Crippen molar-refractivity contribution < 1.29 is 5.11 Å². The van der Waals surface area contributed by atoms with Gasteiger partial charge in [0.05, 0.1) is 6.10 Å². The largest absolute Gasteiger partial charge is 0.388 e. The molecule has 0 aliphatic carbocycles. The highest BCUT2D eigenvalue weighted by Crippen LogP contribution is 2.23. The minimum absolute atomic E-state index is 0.485. The molecule has 0 amide bonds. The first-order chi connectivity index (χ1) is 8.56. The first-order valence-electron chi connectivity index (χ1n) is 5.91. The van der Waals surface area contributed by atoms with Gasteiger partial charge in [0.1, 0.15) is 0 Å². The quantitative estimate of drug-likeness (QED) is 0.937. The van der Waals surface area contributed by atoms with Crippen LogP contribution in [0.5, 0.6) is 0 Å². The Morgan fingerprint density at radius 2 is 2.00 bits per heavy atom. The molecule has 0 spiro atoms. The van der Waals surface area contributed by atoms with Gasteiger partial charge < -0.3 is 5.11 Å². The molecule has 1 N–H and O–H groups in total. The van der Waals surface area contributed by atoms with Crippen molar-refractivity contribution in [2.45, 2.75) is 26.4 Å². The minimum Gasteiger partial charge on any atom is -0.388 e. The predicted octanol–water partition coefficient (Wildman–Crippen LogP) is 3.74. The van der Waals surface area contributed by atoms with Gasteiger partial charge in [-0.1, -0.05) is 23.8 Å². The van der Waals surface area contributed by atoms with Crippen molar-refractivity contribution in [2.75, 3.05) is 0 Å². The summed E-state index contributed by atoms with van der Waals surface area (Å²) in [7, 11) is 0. The smallest absolute Gasteiger partial charge is 0.0833 e. The highest BCUT2D eigenvalue weighted by atomic mass is 79.9. The number of hydrogen-bond acceptors (Lipinski definition) is 2. The monoisotopic (exact) mass is 305 g/mol. The molecule has 0 bridgehead atoms. The molecule has 1 aromatic carbocycles. The Morgan fingerprint density at radius 3 is 2.72 bits per heavy atom. The number of benzene rings is 1. The molecule has 94 valence electrons. The fraction of sp³-hybridized carbons (Fsp3) is 0.267. The average molecular weight is 306 g/mol. The Labute approximate surface area is 116 Å². The number of aromatic nitrogens is 1. The topological polar surface area (TPSA) is 33.1 Å². The number of aryl methyl sites for hydroxylation is 2. The highest BCUT2D eigenvalue weighted by Gasteiger charge is 2.11.